The van der Waals surface area contributed by atoms with E-state index in [0.717, 1.165) is 6.07 Å². The molecule has 1 N–H and O–H groups in total. The molecule has 0 saturated carbocycles. The molecule has 0 unspecified atom stereocenters. The van der Waals surface area contributed by atoms with E-state index in [1.807, 2.05) is 11.9 Å². The van der Waals surface area contributed by atoms with Crippen LogP contribution in [-0.2, 0) is 6.54 Å². The maximum atomic E-state index is 13.2. The molecule has 0 radical (unpaired) electrons. The highest BCUT2D eigenvalue weighted by molar-refractivity contribution is 5.18. The highest BCUT2D eigenvalue weighted by Crippen LogP contribution is 2.11. The highest BCUT2D eigenvalue weighted by atomic mass is 19.1. The molecule has 84 valence electrons. The molecule has 1 aromatic rings. The van der Waals surface area contributed by atoms with Gasteiger partial charge in [-0.3, -0.25) is 0 Å². The van der Waals surface area contributed by atoms with Crippen LogP contribution < -0.4 is 0 Å². The van der Waals surface area contributed by atoms with Crippen molar-refractivity contribution in [1.29, 1.82) is 0 Å². The lowest BCUT2D eigenvalue weighted by atomic mass is 10.2. The molecule has 2 nitrogen and oxygen atoms in total. The van der Waals surface area contributed by atoms with Crippen LogP contribution >= 0.6 is 0 Å². The van der Waals surface area contributed by atoms with Crippen molar-refractivity contribution in [2.45, 2.75) is 13.0 Å². The minimum absolute atomic E-state index is 0.121. The molecule has 0 aromatic heterocycles. The minimum atomic E-state index is -0.561. The van der Waals surface area contributed by atoms with Crippen LogP contribution in [0.25, 0.3) is 0 Å². The van der Waals surface area contributed by atoms with E-state index in [-0.39, 0.29) is 6.61 Å². The van der Waals surface area contributed by atoms with Gasteiger partial charge in [0.05, 0.1) is 0 Å². The summed E-state index contributed by atoms with van der Waals surface area (Å²) in [6.45, 7) is 1.23. The zero-order valence-corrected chi connectivity index (χ0v) is 8.71. The summed E-state index contributed by atoms with van der Waals surface area (Å²) in [6, 6.07) is 3.58. The fourth-order valence-electron chi connectivity index (χ4n) is 1.36. The number of nitrogens with zero attached hydrogens (tertiary/aromatic N) is 1. The van der Waals surface area contributed by atoms with Crippen molar-refractivity contribution in [3.63, 3.8) is 0 Å². The van der Waals surface area contributed by atoms with Gasteiger partial charge in [0.1, 0.15) is 11.6 Å². The van der Waals surface area contributed by atoms with Crippen molar-refractivity contribution in [3.05, 3.63) is 35.4 Å². The molecule has 4 heteroatoms. The maximum absolute atomic E-state index is 13.2. The summed E-state index contributed by atoms with van der Waals surface area (Å²) in [4.78, 5) is 1.88. The van der Waals surface area contributed by atoms with Crippen LogP contribution in [0.2, 0.25) is 0 Å². The summed E-state index contributed by atoms with van der Waals surface area (Å²) in [6.07, 6.45) is 0.652. The Bertz CT molecular complexity index is 317. The van der Waals surface area contributed by atoms with Gasteiger partial charge in [0, 0.05) is 31.3 Å². The van der Waals surface area contributed by atoms with Crippen molar-refractivity contribution in [2.24, 2.45) is 0 Å². The second-order valence-corrected chi connectivity index (χ2v) is 3.55. The molecule has 0 heterocycles. The molecule has 0 aliphatic heterocycles. The van der Waals surface area contributed by atoms with E-state index in [9.17, 15) is 8.78 Å². The number of hydrogen-bond donors (Lipinski definition) is 1. The normalized spacial score (nSPS) is 11.0. The average molecular weight is 215 g/mol. The third-order valence-electron chi connectivity index (χ3n) is 2.15. The van der Waals surface area contributed by atoms with Gasteiger partial charge in [-0.1, -0.05) is 6.07 Å². The third kappa shape index (κ3) is 3.93. The van der Waals surface area contributed by atoms with E-state index in [1.54, 1.807) is 0 Å². The second-order valence-electron chi connectivity index (χ2n) is 3.55. The van der Waals surface area contributed by atoms with Crippen molar-refractivity contribution in [2.75, 3.05) is 20.2 Å². The molecule has 0 amide bonds. The standard InChI is InChI=1S/C11H15F2NO/c1-14(5-2-6-15)8-9-3-4-10(12)7-11(9)13/h3-4,7,15H,2,5-6,8H2,1H3. The van der Waals surface area contributed by atoms with Gasteiger partial charge in [0.25, 0.3) is 0 Å². The Morgan fingerprint density at radius 2 is 2.07 bits per heavy atom. The minimum Gasteiger partial charge on any atom is -0.396 e. The van der Waals surface area contributed by atoms with Crippen LogP contribution in [0.1, 0.15) is 12.0 Å². The summed E-state index contributed by atoms with van der Waals surface area (Å²) in [7, 11) is 1.83. The van der Waals surface area contributed by atoms with E-state index in [0.29, 0.717) is 25.1 Å². The van der Waals surface area contributed by atoms with Gasteiger partial charge >= 0.3 is 0 Å². The van der Waals surface area contributed by atoms with Crippen LogP contribution in [0, 0.1) is 11.6 Å². The molecule has 0 fully saturated rings. The Hall–Kier alpha value is -1.00. The van der Waals surface area contributed by atoms with E-state index in [4.69, 9.17) is 5.11 Å². The Kier molecular flexibility index (Phi) is 4.65. The van der Waals surface area contributed by atoms with Crippen LogP contribution in [0.5, 0.6) is 0 Å². The Morgan fingerprint density at radius 3 is 2.67 bits per heavy atom. The molecule has 0 aliphatic rings. The zero-order valence-electron chi connectivity index (χ0n) is 8.71. The molecule has 0 aliphatic carbocycles. The lowest BCUT2D eigenvalue weighted by Gasteiger charge is -2.16. The van der Waals surface area contributed by atoms with Crippen LogP contribution in [-0.4, -0.2) is 30.2 Å². The predicted molar refractivity (Wildman–Crippen MR) is 54.4 cm³/mol. The Morgan fingerprint density at radius 1 is 1.33 bits per heavy atom. The predicted octanol–water partition coefficient (Wildman–Crippen LogP) is 1.78. The molecule has 1 rings (SSSR count). The van der Waals surface area contributed by atoms with E-state index >= 15 is 0 Å². The van der Waals surface area contributed by atoms with Gasteiger partial charge in [-0.25, -0.2) is 8.78 Å². The third-order valence-corrected chi connectivity index (χ3v) is 2.15. The molecular weight excluding hydrogens is 200 g/mol. The fraction of sp³-hybridized carbons (Fsp3) is 0.455. The van der Waals surface area contributed by atoms with Gasteiger partial charge in [-0.15, -0.1) is 0 Å². The quantitative estimate of drug-likeness (QED) is 0.809. The maximum Gasteiger partial charge on any atom is 0.130 e. The summed E-state index contributed by atoms with van der Waals surface area (Å²) >= 11 is 0. The number of aliphatic hydroxyl groups is 1. The van der Waals surface area contributed by atoms with Gasteiger partial charge < -0.3 is 10.0 Å². The van der Waals surface area contributed by atoms with Gasteiger partial charge in [-0.05, 0) is 19.5 Å². The van der Waals surface area contributed by atoms with Crippen molar-refractivity contribution >= 4 is 0 Å². The molecule has 0 bridgehead atoms. The first-order valence-electron chi connectivity index (χ1n) is 4.87. The fourth-order valence-corrected chi connectivity index (χ4v) is 1.36. The summed E-state index contributed by atoms with van der Waals surface area (Å²) in [5.74, 6) is -1.08. The van der Waals surface area contributed by atoms with E-state index < -0.39 is 11.6 Å². The van der Waals surface area contributed by atoms with Gasteiger partial charge in [-0.2, -0.15) is 0 Å². The van der Waals surface area contributed by atoms with Crippen molar-refractivity contribution in [3.8, 4) is 0 Å². The number of hydrogen-bond acceptors (Lipinski definition) is 2. The average Bonchev–Trinajstić information content (AvgIpc) is 2.19. The van der Waals surface area contributed by atoms with E-state index in [1.165, 1.54) is 12.1 Å². The smallest absolute Gasteiger partial charge is 0.130 e. The highest BCUT2D eigenvalue weighted by Gasteiger charge is 2.06. The van der Waals surface area contributed by atoms with Crippen LogP contribution in [0.15, 0.2) is 18.2 Å². The Balaban J connectivity index is 2.56. The number of halogens is 2. The first-order valence-corrected chi connectivity index (χ1v) is 4.87. The lowest BCUT2D eigenvalue weighted by Crippen LogP contribution is -2.20. The summed E-state index contributed by atoms with van der Waals surface area (Å²) < 4.78 is 25.8. The first kappa shape index (κ1) is 12.1. The topological polar surface area (TPSA) is 23.5 Å². The van der Waals surface area contributed by atoms with Gasteiger partial charge in [0.2, 0.25) is 0 Å². The largest absolute Gasteiger partial charge is 0.396 e. The molecule has 0 saturated heterocycles. The zero-order chi connectivity index (χ0) is 11.3. The molecule has 15 heavy (non-hydrogen) atoms. The van der Waals surface area contributed by atoms with Gasteiger partial charge in [0.15, 0.2) is 0 Å². The van der Waals surface area contributed by atoms with E-state index in [2.05, 4.69) is 0 Å². The number of aliphatic hydroxyl groups excluding tert-OH is 1. The Labute approximate surface area is 88.1 Å². The monoisotopic (exact) mass is 215 g/mol. The SMILES string of the molecule is CN(CCCO)Cc1ccc(F)cc1F. The summed E-state index contributed by atoms with van der Waals surface area (Å²) in [5, 5.41) is 8.62. The number of benzene rings is 1. The lowest BCUT2D eigenvalue weighted by molar-refractivity contribution is 0.243. The van der Waals surface area contributed by atoms with Crippen LogP contribution in [0.3, 0.4) is 0 Å². The van der Waals surface area contributed by atoms with Crippen molar-refractivity contribution in [1.82, 2.24) is 4.90 Å². The molecule has 0 spiro atoms. The number of rotatable bonds is 5. The first-order chi connectivity index (χ1) is 7.13. The molecular formula is C11H15F2NO. The molecule has 0 atom stereocenters. The van der Waals surface area contributed by atoms with Crippen molar-refractivity contribution < 1.29 is 13.9 Å². The molecule has 1 aromatic carbocycles. The van der Waals surface area contributed by atoms with Crippen LogP contribution in [0.4, 0.5) is 8.78 Å². The summed E-state index contributed by atoms with van der Waals surface area (Å²) in [5.41, 5.74) is 0.469. The second kappa shape index (κ2) is 5.78.